The van der Waals surface area contributed by atoms with E-state index in [1.807, 2.05) is 44.2 Å². The molecule has 0 saturated carbocycles. The maximum absolute atomic E-state index is 12.4. The zero-order valence-corrected chi connectivity index (χ0v) is 14.2. The van der Waals surface area contributed by atoms with Crippen molar-refractivity contribution < 1.29 is 22.9 Å². The van der Waals surface area contributed by atoms with Gasteiger partial charge in [0.2, 0.25) is 0 Å². The summed E-state index contributed by atoms with van der Waals surface area (Å²) in [5, 5.41) is 3.12. The van der Waals surface area contributed by atoms with Crippen molar-refractivity contribution in [2.24, 2.45) is 5.92 Å². The molecule has 0 amide bonds. The van der Waals surface area contributed by atoms with E-state index in [1.54, 1.807) is 24.3 Å². The molecule has 1 saturated heterocycles. The number of hydrogen-bond donors (Lipinski definition) is 1. The molecule has 1 N–H and O–H groups in total. The van der Waals surface area contributed by atoms with E-state index < -0.39 is 19.7 Å². The van der Waals surface area contributed by atoms with Gasteiger partial charge in [-0.1, -0.05) is 0 Å². The van der Waals surface area contributed by atoms with E-state index in [4.69, 9.17) is 18.1 Å². The van der Waals surface area contributed by atoms with Crippen LogP contribution in [-0.4, -0.2) is 12.0 Å². The average molecular weight is 347 g/mol. The standard InChI is InChI=1S/C17H18NO5P/c1-12(2)16-17(19)23-24(18-16,20-13-8-4-3-5-9-13)21-14-10-6-7-11-15(14)22-24/h3-12,16,18H,1-2H3. The van der Waals surface area contributed by atoms with Gasteiger partial charge in [0.25, 0.3) is 0 Å². The summed E-state index contributed by atoms with van der Waals surface area (Å²) in [5.41, 5.74) is 0. The normalized spacial score (nSPS) is 24.4. The molecule has 0 bridgehead atoms. The third kappa shape index (κ3) is 2.30. The van der Waals surface area contributed by atoms with Crippen LogP contribution in [0.2, 0.25) is 0 Å². The Hall–Kier alpha value is -2.30. The summed E-state index contributed by atoms with van der Waals surface area (Å²) in [4.78, 5) is 12.4. The molecule has 1 unspecified atom stereocenters. The topological polar surface area (TPSA) is 66.0 Å². The molecule has 2 aromatic rings. The van der Waals surface area contributed by atoms with Crippen LogP contribution in [-0.2, 0) is 9.32 Å². The van der Waals surface area contributed by atoms with Crippen LogP contribution in [0.4, 0.5) is 0 Å². The van der Waals surface area contributed by atoms with Gasteiger partial charge in [0.1, 0.15) is 0 Å². The molecule has 2 aliphatic rings. The van der Waals surface area contributed by atoms with E-state index in [0.29, 0.717) is 17.2 Å². The first-order chi connectivity index (χ1) is 11.5. The molecular formula is C17H18NO5P. The van der Waals surface area contributed by atoms with E-state index in [-0.39, 0.29) is 5.92 Å². The van der Waals surface area contributed by atoms with Crippen LogP contribution in [0.5, 0.6) is 17.2 Å². The first-order valence-electron chi connectivity index (χ1n) is 7.78. The molecule has 6 nitrogen and oxygen atoms in total. The summed E-state index contributed by atoms with van der Waals surface area (Å²) < 4.78 is 23.8. The van der Waals surface area contributed by atoms with Crippen molar-refractivity contribution in [1.82, 2.24) is 5.09 Å². The number of carbonyl (C=O) groups is 1. The van der Waals surface area contributed by atoms with E-state index >= 15 is 0 Å². The monoisotopic (exact) mass is 347 g/mol. The molecule has 0 aliphatic carbocycles. The molecule has 0 aromatic heterocycles. The van der Waals surface area contributed by atoms with Crippen molar-refractivity contribution in [3.8, 4) is 17.2 Å². The zero-order valence-electron chi connectivity index (χ0n) is 13.3. The Kier molecular flexibility index (Phi) is 3.24. The first kappa shape index (κ1) is 15.2. The second-order valence-electron chi connectivity index (χ2n) is 6.11. The molecule has 24 heavy (non-hydrogen) atoms. The van der Waals surface area contributed by atoms with Crippen LogP contribution in [0.3, 0.4) is 0 Å². The Morgan fingerprint density at radius 3 is 2.08 bits per heavy atom. The summed E-state index contributed by atoms with van der Waals surface area (Å²) >= 11 is 0. The number of fused-ring (bicyclic) bond motifs is 1. The van der Waals surface area contributed by atoms with Crippen LogP contribution in [0, 0.1) is 5.92 Å². The summed E-state index contributed by atoms with van der Waals surface area (Å²) in [5.74, 6) is 1.01. The number of rotatable bonds is 3. The molecule has 1 fully saturated rings. The van der Waals surface area contributed by atoms with Crippen LogP contribution in [0.1, 0.15) is 13.8 Å². The summed E-state index contributed by atoms with van der Waals surface area (Å²) in [6.45, 7) is 3.84. The first-order valence-corrected chi connectivity index (χ1v) is 9.69. The van der Waals surface area contributed by atoms with E-state index in [1.165, 1.54) is 0 Å². The third-order valence-corrected chi connectivity index (χ3v) is 6.63. The Balaban J connectivity index is 1.79. The minimum atomic E-state index is -4.35. The average Bonchev–Trinajstić information content (AvgIpc) is 3.02. The summed E-state index contributed by atoms with van der Waals surface area (Å²) in [7, 11) is -4.35. The van der Waals surface area contributed by atoms with Crippen molar-refractivity contribution in [2.75, 3.05) is 0 Å². The molecule has 2 heterocycles. The van der Waals surface area contributed by atoms with Gasteiger partial charge in [-0.2, -0.15) is 0 Å². The van der Waals surface area contributed by atoms with Gasteiger partial charge in [0, 0.05) is 0 Å². The predicted molar refractivity (Wildman–Crippen MR) is 89.5 cm³/mol. The van der Waals surface area contributed by atoms with Crippen molar-refractivity contribution in [3.63, 3.8) is 0 Å². The Morgan fingerprint density at radius 1 is 0.958 bits per heavy atom. The van der Waals surface area contributed by atoms with E-state index in [9.17, 15) is 4.79 Å². The fourth-order valence-electron chi connectivity index (χ4n) is 2.73. The molecule has 126 valence electrons. The zero-order chi connectivity index (χ0) is 16.8. The summed E-state index contributed by atoms with van der Waals surface area (Å²) in [6, 6.07) is 15.6. The molecule has 1 atom stereocenters. The fourth-order valence-corrected chi connectivity index (χ4v) is 5.92. The van der Waals surface area contributed by atoms with Gasteiger partial charge >= 0.3 is 139 Å². The van der Waals surface area contributed by atoms with Crippen molar-refractivity contribution in [1.29, 1.82) is 0 Å². The number of carbonyl (C=O) groups excluding carboxylic acids is 1. The van der Waals surface area contributed by atoms with Crippen molar-refractivity contribution in [3.05, 3.63) is 54.6 Å². The van der Waals surface area contributed by atoms with Gasteiger partial charge in [0.15, 0.2) is 0 Å². The van der Waals surface area contributed by atoms with Crippen LogP contribution in [0.25, 0.3) is 0 Å². The van der Waals surface area contributed by atoms with Gasteiger partial charge in [-0.15, -0.1) is 0 Å². The number of hydrogen-bond acceptors (Lipinski definition) is 6. The second kappa shape index (κ2) is 5.10. The molecule has 2 aliphatic heterocycles. The third-order valence-electron chi connectivity index (χ3n) is 3.88. The Labute approximate surface area is 140 Å². The van der Waals surface area contributed by atoms with Crippen molar-refractivity contribution in [2.45, 2.75) is 19.9 Å². The van der Waals surface area contributed by atoms with Gasteiger partial charge in [0.05, 0.1) is 0 Å². The van der Waals surface area contributed by atoms with Gasteiger partial charge < -0.3 is 0 Å². The molecule has 4 rings (SSSR count). The summed E-state index contributed by atoms with van der Waals surface area (Å²) in [6.07, 6.45) is 0. The van der Waals surface area contributed by atoms with Gasteiger partial charge in [-0.05, 0) is 0 Å². The number of nitrogens with one attached hydrogen (secondary N) is 1. The SMILES string of the molecule is CC(C)C1NP2(Oc3ccccc3)(OC1=O)Oc1ccccc1O2. The van der Waals surface area contributed by atoms with Crippen LogP contribution >= 0.6 is 7.66 Å². The maximum atomic E-state index is 12.4. The molecular weight excluding hydrogens is 329 g/mol. The molecule has 7 heteroatoms. The quantitative estimate of drug-likeness (QED) is 0.851. The Bertz CT molecular complexity index is 770. The number of para-hydroxylation sites is 3. The van der Waals surface area contributed by atoms with Crippen LogP contribution < -0.4 is 18.7 Å². The molecule has 2 aromatic carbocycles. The predicted octanol–water partition coefficient (Wildman–Crippen LogP) is 3.84. The van der Waals surface area contributed by atoms with Gasteiger partial charge in [-0.25, -0.2) is 0 Å². The fraction of sp³-hybridized carbons (Fsp3) is 0.235. The minimum absolute atomic E-state index is 0.00529. The van der Waals surface area contributed by atoms with Crippen LogP contribution in [0.15, 0.2) is 54.6 Å². The van der Waals surface area contributed by atoms with Gasteiger partial charge in [-0.3, -0.25) is 0 Å². The number of benzene rings is 2. The molecule has 1 spiro atoms. The second-order valence-corrected chi connectivity index (χ2v) is 8.72. The van der Waals surface area contributed by atoms with Crippen molar-refractivity contribution >= 4 is 13.6 Å². The van der Waals surface area contributed by atoms with E-state index in [2.05, 4.69) is 5.09 Å². The molecule has 0 radical (unpaired) electrons. The van der Waals surface area contributed by atoms with E-state index in [0.717, 1.165) is 0 Å². The Morgan fingerprint density at radius 2 is 1.54 bits per heavy atom.